The van der Waals surface area contributed by atoms with Crippen LogP contribution in [0.4, 0.5) is 0 Å². The van der Waals surface area contributed by atoms with Gasteiger partial charge in [0.2, 0.25) is 0 Å². The second kappa shape index (κ2) is 5.83. The van der Waals surface area contributed by atoms with Crippen molar-refractivity contribution in [2.75, 3.05) is 19.6 Å². The van der Waals surface area contributed by atoms with Crippen LogP contribution in [-0.4, -0.2) is 24.6 Å². The molecule has 1 aliphatic rings. The summed E-state index contributed by atoms with van der Waals surface area (Å²) in [7, 11) is 0. The first kappa shape index (κ1) is 10.6. The van der Waals surface area contributed by atoms with Crippen LogP contribution in [-0.2, 0) is 6.54 Å². The second-order valence-corrected chi connectivity index (χ2v) is 4.20. The maximum atomic E-state index is 4.01. The van der Waals surface area contributed by atoms with Crippen molar-refractivity contribution in [2.45, 2.75) is 19.4 Å². The van der Waals surface area contributed by atoms with Crippen LogP contribution in [0.15, 0.2) is 24.5 Å². The van der Waals surface area contributed by atoms with Gasteiger partial charge in [0.1, 0.15) is 0 Å². The quantitative estimate of drug-likeness (QED) is 0.775. The molecule has 0 aromatic carbocycles. The Labute approximate surface area is 91.3 Å². The number of pyridine rings is 1. The van der Waals surface area contributed by atoms with Gasteiger partial charge in [-0.05, 0) is 56.1 Å². The lowest BCUT2D eigenvalue weighted by Crippen LogP contribution is -2.35. The zero-order valence-electron chi connectivity index (χ0n) is 9.08. The molecular formula is C12H19N3. The normalized spacial score (nSPS) is 21.5. The van der Waals surface area contributed by atoms with Gasteiger partial charge in [-0.25, -0.2) is 0 Å². The van der Waals surface area contributed by atoms with Gasteiger partial charge in [0, 0.05) is 18.9 Å². The van der Waals surface area contributed by atoms with Gasteiger partial charge in [0.15, 0.2) is 0 Å². The van der Waals surface area contributed by atoms with Crippen molar-refractivity contribution in [3.8, 4) is 0 Å². The van der Waals surface area contributed by atoms with E-state index >= 15 is 0 Å². The molecule has 2 rings (SSSR count). The fourth-order valence-electron chi connectivity index (χ4n) is 2.02. The van der Waals surface area contributed by atoms with Gasteiger partial charge in [0.05, 0.1) is 0 Å². The van der Waals surface area contributed by atoms with E-state index < -0.39 is 0 Å². The van der Waals surface area contributed by atoms with E-state index in [0.29, 0.717) is 0 Å². The maximum absolute atomic E-state index is 4.01. The first-order valence-corrected chi connectivity index (χ1v) is 5.75. The van der Waals surface area contributed by atoms with Gasteiger partial charge in [-0.15, -0.1) is 0 Å². The molecule has 2 N–H and O–H groups in total. The Morgan fingerprint density at radius 2 is 2.27 bits per heavy atom. The van der Waals surface area contributed by atoms with Crippen LogP contribution in [0.25, 0.3) is 0 Å². The molecular weight excluding hydrogens is 186 g/mol. The highest BCUT2D eigenvalue weighted by atomic mass is 14.9. The monoisotopic (exact) mass is 205 g/mol. The minimum Gasteiger partial charge on any atom is -0.316 e. The van der Waals surface area contributed by atoms with Gasteiger partial charge in [-0.1, -0.05) is 0 Å². The zero-order valence-corrected chi connectivity index (χ0v) is 9.08. The largest absolute Gasteiger partial charge is 0.316 e. The number of aromatic nitrogens is 1. The summed E-state index contributed by atoms with van der Waals surface area (Å²) < 4.78 is 0. The molecule has 82 valence electrons. The molecule has 1 aromatic heterocycles. The molecule has 0 spiro atoms. The molecule has 1 saturated heterocycles. The Hall–Kier alpha value is -0.930. The summed E-state index contributed by atoms with van der Waals surface area (Å²) in [4.78, 5) is 4.01. The van der Waals surface area contributed by atoms with E-state index in [9.17, 15) is 0 Å². The van der Waals surface area contributed by atoms with E-state index in [0.717, 1.165) is 19.0 Å². The Morgan fingerprint density at radius 3 is 3.00 bits per heavy atom. The third-order valence-corrected chi connectivity index (χ3v) is 2.91. The van der Waals surface area contributed by atoms with Crippen molar-refractivity contribution in [2.24, 2.45) is 5.92 Å². The van der Waals surface area contributed by atoms with Gasteiger partial charge in [-0.2, -0.15) is 0 Å². The predicted octanol–water partition coefficient (Wildman–Crippen LogP) is 1.17. The topological polar surface area (TPSA) is 37.0 Å². The van der Waals surface area contributed by atoms with Crippen LogP contribution >= 0.6 is 0 Å². The van der Waals surface area contributed by atoms with Gasteiger partial charge in [-0.3, -0.25) is 4.98 Å². The summed E-state index contributed by atoms with van der Waals surface area (Å²) in [5.74, 6) is 0.806. The van der Waals surface area contributed by atoms with Crippen molar-refractivity contribution in [1.29, 1.82) is 0 Å². The van der Waals surface area contributed by atoms with Gasteiger partial charge in [0.25, 0.3) is 0 Å². The van der Waals surface area contributed by atoms with Crippen molar-refractivity contribution >= 4 is 0 Å². The molecule has 1 aliphatic heterocycles. The number of hydrogen-bond acceptors (Lipinski definition) is 3. The molecule has 0 amide bonds. The molecule has 1 aromatic rings. The summed E-state index contributed by atoms with van der Waals surface area (Å²) in [6.07, 6.45) is 6.37. The molecule has 3 heteroatoms. The fourth-order valence-corrected chi connectivity index (χ4v) is 2.02. The summed E-state index contributed by atoms with van der Waals surface area (Å²) >= 11 is 0. The SMILES string of the molecule is c1cc(CNC[C@@H]2CCCNC2)ccn1. The van der Waals surface area contributed by atoms with E-state index in [4.69, 9.17) is 0 Å². The van der Waals surface area contributed by atoms with E-state index in [2.05, 4.69) is 27.8 Å². The van der Waals surface area contributed by atoms with Crippen molar-refractivity contribution in [3.63, 3.8) is 0 Å². The Morgan fingerprint density at radius 1 is 1.40 bits per heavy atom. The first-order chi connectivity index (χ1) is 7.45. The van der Waals surface area contributed by atoms with Crippen LogP contribution in [0, 0.1) is 5.92 Å². The highest BCUT2D eigenvalue weighted by Crippen LogP contribution is 2.08. The lowest BCUT2D eigenvalue weighted by molar-refractivity contribution is 0.360. The van der Waals surface area contributed by atoms with Crippen LogP contribution < -0.4 is 10.6 Å². The van der Waals surface area contributed by atoms with Crippen LogP contribution in [0.2, 0.25) is 0 Å². The molecule has 0 aliphatic carbocycles. The van der Waals surface area contributed by atoms with Crippen LogP contribution in [0.5, 0.6) is 0 Å². The Kier molecular flexibility index (Phi) is 4.11. The third-order valence-electron chi connectivity index (χ3n) is 2.91. The zero-order chi connectivity index (χ0) is 10.3. The third kappa shape index (κ3) is 3.61. The molecule has 15 heavy (non-hydrogen) atoms. The minimum atomic E-state index is 0.806. The molecule has 3 nitrogen and oxygen atoms in total. The summed E-state index contributed by atoms with van der Waals surface area (Å²) in [6, 6.07) is 4.12. The van der Waals surface area contributed by atoms with Gasteiger partial charge < -0.3 is 10.6 Å². The highest BCUT2D eigenvalue weighted by molar-refractivity contribution is 5.08. The Bertz CT molecular complexity index is 267. The van der Waals surface area contributed by atoms with Crippen molar-refractivity contribution in [3.05, 3.63) is 30.1 Å². The molecule has 0 saturated carbocycles. The smallest absolute Gasteiger partial charge is 0.0271 e. The van der Waals surface area contributed by atoms with Gasteiger partial charge >= 0.3 is 0 Å². The van der Waals surface area contributed by atoms with E-state index in [1.54, 1.807) is 0 Å². The molecule has 0 radical (unpaired) electrons. The molecule has 0 bridgehead atoms. The minimum absolute atomic E-state index is 0.806. The lowest BCUT2D eigenvalue weighted by Gasteiger charge is -2.22. The van der Waals surface area contributed by atoms with E-state index in [1.807, 2.05) is 12.4 Å². The number of nitrogens with zero attached hydrogens (tertiary/aromatic N) is 1. The predicted molar refractivity (Wildman–Crippen MR) is 61.5 cm³/mol. The van der Waals surface area contributed by atoms with E-state index in [1.165, 1.54) is 31.5 Å². The molecule has 1 fully saturated rings. The van der Waals surface area contributed by atoms with Crippen molar-refractivity contribution in [1.82, 2.24) is 15.6 Å². The number of rotatable bonds is 4. The van der Waals surface area contributed by atoms with Crippen LogP contribution in [0.1, 0.15) is 18.4 Å². The number of piperidine rings is 1. The first-order valence-electron chi connectivity index (χ1n) is 5.75. The molecule has 0 unspecified atom stereocenters. The van der Waals surface area contributed by atoms with Crippen LogP contribution in [0.3, 0.4) is 0 Å². The average molecular weight is 205 g/mol. The summed E-state index contributed by atoms with van der Waals surface area (Å²) in [6.45, 7) is 4.44. The molecule has 1 atom stereocenters. The Balaban J connectivity index is 1.66. The standard InChI is InChI=1S/C12H19N3/c1-2-12(9-14-5-1)10-15-8-11-3-6-13-7-4-11/h3-4,6-7,12,14-15H,1-2,5,8-10H2/t12-/m1/s1. The summed E-state index contributed by atoms with van der Waals surface area (Å²) in [5.41, 5.74) is 1.31. The average Bonchev–Trinajstić information content (AvgIpc) is 2.32. The second-order valence-electron chi connectivity index (χ2n) is 4.20. The molecule has 2 heterocycles. The van der Waals surface area contributed by atoms with Crippen molar-refractivity contribution < 1.29 is 0 Å². The lowest BCUT2D eigenvalue weighted by atomic mass is 10.00. The maximum Gasteiger partial charge on any atom is 0.0271 e. The summed E-state index contributed by atoms with van der Waals surface area (Å²) in [5, 5.41) is 6.94. The number of nitrogens with one attached hydrogen (secondary N) is 2. The fraction of sp³-hybridized carbons (Fsp3) is 0.583. The number of hydrogen-bond donors (Lipinski definition) is 2. The van der Waals surface area contributed by atoms with E-state index in [-0.39, 0.29) is 0 Å². The highest BCUT2D eigenvalue weighted by Gasteiger charge is 2.11.